The van der Waals surface area contributed by atoms with Crippen LogP contribution in [0.15, 0.2) is 36.4 Å². The number of piperidine rings is 1. The normalized spacial score (nSPS) is 19.3. The van der Waals surface area contributed by atoms with E-state index in [-0.39, 0.29) is 22.9 Å². The number of benzene rings is 2. The van der Waals surface area contributed by atoms with Crippen molar-refractivity contribution in [3.05, 3.63) is 64.2 Å². The van der Waals surface area contributed by atoms with Gasteiger partial charge in [0, 0.05) is 37.9 Å². The number of aryl methyl sites for hydroxylation is 2. The van der Waals surface area contributed by atoms with Crippen LogP contribution in [0.2, 0.25) is 0 Å². The predicted octanol–water partition coefficient (Wildman–Crippen LogP) is 4.44. The van der Waals surface area contributed by atoms with Gasteiger partial charge < -0.3 is 15.1 Å². The van der Waals surface area contributed by atoms with Crippen LogP contribution in [0.4, 0.5) is 18.9 Å². The van der Waals surface area contributed by atoms with Gasteiger partial charge in [-0.2, -0.15) is 18.4 Å². The minimum atomic E-state index is -4.68. The minimum Gasteiger partial charge on any atom is -0.359 e. The molecule has 2 heterocycles. The van der Waals surface area contributed by atoms with E-state index < -0.39 is 23.3 Å². The molecule has 2 amide bonds. The second-order valence-electron chi connectivity index (χ2n) is 9.91. The van der Waals surface area contributed by atoms with Crippen LogP contribution in [0.1, 0.15) is 51.9 Å². The number of nitriles is 1. The molecule has 2 aliphatic rings. The molecule has 2 saturated heterocycles. The third kappa shape index (κ3) is 4.77. The first-order valence-electron chi connectivity index (χ1n) is 11.9. The van der Waals surface area contributed by atoms with Gasteiger partial charge in [-0.15, -0.1) is 0 Å². The Morgan fingerprint density at radius 2 is 1.81 bits per heavy atom. The first-order valence-corrected chi connectivity index (χ1v) is 11.9. The van der Waals surface area contributed by atoms with Gasteiger partial charge in [0.1, 0.15) is 6.04 Å². The zero-order valence-electron chi connectivity index (χ0n) is 20.6. The molecule has 0 bridgehead atoms. The van der Waals surface area contributed by atoms with Crippen molar-refractivity contribution in [1.29, 1.82) is 5.26 Å². The molecule has 1 N–H and O–H groups in total. The fourth-order valence-corrected chi connectivity index (χ4v) is 5.45. The molecule has 2 aromatic carbocycles. The summed E-state index contributed by atoms with van der Waals surface area (Å²) in [6.07, 6.45) is -2.90. The molecule has 4 rings (SSSR count). The fourth-order valence-electron chi connectivity index (χ4n) is 5.45. The van der Waals surface area contributed by atoms with Crippen molar-refractivity contribution >= 4 is 17.5 Å². The van der Waals surface area contributed by atoms with Gasteiger partial charge in [-0.05, 0) is 68.4 Å². The molecule has 1 unspecified atom stereocenters. The highest BCUT2D eigenvalue weighted by Gasteiger charge is 2.49. The molecule has 2 aliphatic heterocycles. The molecule has 0 aromatic heterocycles. The number of carbonyl (C=O) groups is 2. The summed E-state index contributed by atoms with van der Waals surface area (Å²) in [7, 11) is 1.51. The van der Waals surface area contributed by atoms with Gasteiger partial charge in [0.2, 0.25) is 5.91 Å². The Morgan fingerprint density at radius 1 is 1.11 bits per heavy atom. The maximum absolute atomic E-state index is 13.6. The average molecular weight is 499 g/mol. The van der Waals surface area contributed by atoms with Crippen molar-refractivity contribution in [3.63, 3.8) is 0 Å². The van der Waals surface area contributed by atoms with Crippen LogP contribution < -0.4 is 10.2 Å². The molecule has 0 radical (unpaired) electrons. The molecule has 0 saturated carbocycles. The lowest BCUT2D eigenvalue weighted by Gasteiger charge is -2.39. The molecular formula is C27H29F3N4O2. The predicted molar refractivity (Wildman–Crippen MR) is 129 cm³/mol. The largest absolute Gasteiger partial charge is 0.417 e. The van der Waals surface area contributed by atoms with Crippen molar-refractivity contribution in [1.82, 2.24) is 10.2 Å². The van der Waals surface area contributed by atoms with Crippen molar-refractivity contribution in [3.8, 4) is 6.07 Å². The summed E-state index contributed by atoms with van der Waals surface area (Å²) in [4.78, 5) is 29.5. The Bertz CT molecular complexity index is 1230. The maximum Gasteiger partial charge on any atom is 0.417 e. The number of anilines is 1. The number of halogens is 3. The number of hydrogen-bond acceptors (Lipinski definition) is 4. The molecular weight excluding hydrogens is 469 g/mol. The number of likely N-dealkylation sites (N-methyl/N-ethyl adjacent to an activating group) is 1. The zero-order chi connectivity index (χ0) is 26.3. The van der Waals surface area contributed by atoms with E-state index in [0.29, 0.717) is 44.5 Å². The Labute approximate surface area is 208 Å². The molecule has 9 heteroatoms. The molecule has 1 spiro atoms. The highest BCUT2D eigenvalue weighted by Crippen LogP contribution is 2.46. The van der Waals surface area contributed by atoms with Gasteiger partial charge >= 0.3 is 6.18 Å². The Morgan fingerprint density at radius 3 is 2.42 bits per heavy atom. The van der Waals surface area contributed by atoms with Crippen LogP contribution in [-0.4, -0.2) is 49.4 Å². The summed E-state index contributed by atoms with van der Waals surface area (Å²) in [5, 5.41) is 11.8. The fraction of sp³-hybridized carbons (Fsp3) is 0.444. The summed E-state index contributed by atoms with van der Waals surface area (Å²) in [6, 6.07) is 10.4. The van der Waals surface area contributed by atoms with E-state index in [1.807, 2.05) is 36.9 Å². The second kappa shape index (κ2) is 9.49. The number of alkyl halides is 3. The lowest BCUT2D eigenvalue weighted by molar-refractivity contribution is -0.137. The van der Waals surface area contributed by atoms with Gasteiger partial charge in [-0.1, -0.05) is 17.7 Å². The number of nitrogens with zero attached hydrogens (tertiary/aromatic N) is 3. The summed E-state index contributed by atoms with van der Waals surface area (Å²) in [6.45, 7) is 5.29. The van der Waals surface area contributed by atoms with Crippen LogP contribution in [-0.2, 0) is 11.0 Å². The quantitative estimate of drug-likeness (QED) is 0.679. The van der Waals surface area contributed by atoms with Gasteiger partial charge in [-0.3, -0.25) is 9.59 Å². The number of hydrogen-bond donors (Lipinski definition) is 1. The molecule has 6 nitrogen and oxygen atoms in total. The number of amides is 2. The smallest absolute Gasteiger partial charge is 0.359 e. The van der Waals surface area contributed by atoms with Gasteiger partial charge in [0.05, 0.1) is 17.2 Å². The van der Waals surface area contributed by atoms with E-state index in [2.05, 4.69) is 5.32 Å². The maximum atomic E-state index is 13.6. The second-order valence-corrected chi connectivity index (χ2v) is 9.91. The first kappa shape index (κ1) is 25.5. The van der Waals surface area contributed by atoms with Crippen LogP contribution in [0.3, 0.4) is 0 Å². The van der Waals surface area contributed by atoms with E-state index in [1.54, 1.807) is 11.0 Å². The molecule has 2 fully saturated rings. The number of nitrogens with one attached hydrogen (secondary N) is 1. The highest BCUT2D eigenvalue weighted by molar-refractivity contribution is 5.96. The van der Waals surface area contributed by atoms with Gasteiger partial charge in [0.25, 0.3) is 5.91 Å². The summed E-state index contributed by atoms with van der Waals surface area (Å²) >= 11 is 0. The van der Waals surface area contributed by atoms with Crippen LogP contribution in [0, 0.1) is 30.6 Å². The highest BCUT2D eigenvalue weighted by atomic mass is 19.4. The Balaban J connectivity index is 1.58. The Hall–Kier alpha value is -3.54. The SMILES string of the molecule is CNC(=O)C1CC2(CCN(C(=O)c3cc(C)ccc3C)CC2)CN1c1ccc(C#N)c(C(F)(F)F)c1. The van der Waals surface area contributed by atoms with Gasteiger partial charge in [0.15, 0.2) is 0 Å². The summed E-state index contributed by atoms with van der Waals surface area (Å²) in [5.41, 5.74) is 1.11. The molecule has 0 aliphatic carbocycles. The van der Waals surface area contributed by atoms with E-state index in [4.69, 9.17) is 5.26 Å². The van der Waals surface area contributed by atoms with E-state index >= 15 is 0 Å². The Kier molecular flexibility index (Phi) is 6.74. The van der Waals surface area contributed by atoms with E-state index in [9.17, 15) is 22.8 Å². The summed E-state index contributed by atoms with van der Waals surface area (Å²) < 4.78 is 40.8. The number of rotatable bonds is 3. The van der Waals surface area contributed by atoms with Crippen molar-refractivity contribution in [2.45, 2.75) is 45.3 Å². The van der Waals surface area contributed by atoms with Crippen LogP contribution in [0.25, 0.3) is 0 Å². The topological polar surface area (TPSA) is 76.4 Å². The third-order valence-corrected chi connectivity index (χ3v) is 7.55. The van der Waals surface area contributed by atoms with Crippen molar-refractivity contribution in [2.75, 3.05) is 31.6 Å². The van der Waals surface area contributed by atoms with Crippen molar-refractivity contribution in [2.24, 2.45) is 5.41 Å². The lowest BCUT2D eigenvalue weighted by atomic mass is 9.76. The van der Waals surface area contributed by atoms with Crippen molar-refractivity contribution < 1.29 is 22.8 Å². The number of carbonyl (C=O) groups excluding carboxylic acids is 2. The molecule has 190 valence electrons. The number of likely N-dealkylation sites (tertiary alicyclic amines) is 1. The average Bonchev–Trinajstić information content (AvgIpc) is 3.23. The zero-order valence-corrected chi connectivity index (χ0v) is 20.6. The molecule has 2 aromatic rings. The van der Waals surface area contributed by atoms with E-state index in [0.717, 1.165) is 23.3 Å². The first-order chi connectivity index (χ1) is 17.0. The third-order valence-electron chi connectivity index (χ3n) is 7.55. The standard InChI is InChI=1S/C27H29F3N4O2/c1-17-4-5-18(2)21(12-17)25(36)33-10-8-26(9-11-33)14-23(24(35)32-3)34(16-26)20-7-6-19(15-31)22(13-20)27(28,29)30/h4-7,12-13,23H,8-11,14,16H2,1-3H3,(H,32,35). The lowest BCUT2D eigenvalue weighted by Crippen LogP contribution is -2.44. The van der Waals surface area contributed by atoms with E-state index in [1.165, 1.54) is 13.1 Å². The minimum absolute atomic E-state index is 0.0225. The van der Waals surface area contributed by atoms with Crippen LogP contribution >= 0.6 is 0 Å². The van der Waals surface area contributed by atoms with Gasteiger partial charge in [-0.25, -0.2) is 0 Å². The summed E-state index contributed by atoms with van der Waals surface area (Å²) in [5.74, 6) is -0.288. The molecule has 36 heavy (non-hydrogen) atoms. The van der Waals surface area contributed by atoms with Crippen LogP contribution in [0.5, 0.6) is 0 Å². The monoisotopic (exact) mass is 498 g/mol. The molecule has 1 atom stereocenters.